The van der Waals surface area contributed by atoms with Crippen molar-refractivity contribution in [2.45, 2.75) is 19.4 Å². The summed E-state index contributed by atoms with van der Waals surface area (Å²) in [6.07, 6.45) is 1.71. The van der Waals surface area contributed by atoms with Crippen LogP contribution in [0.15, 0.2) is 41.9 Å². The summed E-state index contributed by atoms with van der Waals surface area (Å²) in [5.41, 5.74) is 1.69. The number of amides is 1. The van der Waals surface area contributed by atoms with Gasteiger partial charge in [0.15, 0.2) is 0 Å². The fourth-order valence-electron chi connectivity index (χ4n) is 3.68. The molecule has 5 aromatic rings. The first-order valence-electron chi connectivity index (χ1n) is 10.4. The summed E-state index contributed by atoms with van der Waals surface area (Å²) < 4.78 is 8.92. The lowest BCUT2D eigenvalue weighted by atomic mass is 10.1. The van der Waals surface area contributed by atoms with E-state index in [9.17, 15) is 9.90 Å². The van der Waals surface area contributed by atoms with E-state index in [1.54, 1.807) is 31.7 Å². The van der Waals surface area contributed by atoms with E-state index in [2.05, 4.69) is 15.3 Å². The lowest BCUT2D eigenvalue weighted by Gasteiger charge is -2.12. The number of rotatable bonds is 5. The van der Waals surface area contributed by atoms with Crippen LogP contribution in [-0.2, 0) is 12.6 Å². The summed E-state index contributed by atoms with van der Waals surface area (Å²) in [5, 5.41) is 16.7. The van der Waals surface area contributed by atoms with Crippen LogP contribution in [0.5, 0.6) is 11.5 Å². The summed E-state index contributed by atoms with van der Waals surface area (Å²) >= 11 is 9.45. The third-order valence-corrected chi connectivity index (χ3v) is 8.09. The van der Waals surface area contributed by atoms with Gasteiger partial charge in [-0.1, -0.05) is 11.6 Å². The Hall–Kier alpha value is -2.98. The Labute approximate surface area is 208 Å². The Morgan fingerprint density at radius 2 is 2.06 bits per heavy atom. The molecule has 0 aliphatic heterocycles. The minimum atomic E-state index is -0.992. The van der Waals surface area contributed by atoms with Crippen molar-refractivity contribution < 1.29 is 14.6 Å². The Balaban J connectivity index is 1.52. The zero-order valence-corrected chi connectivity index (χ0v) is 21.2. The number of fused-ring (bicyclic) bond motifs is 2. The number of aromatic nitrogens is 3. The van der Waals surface area contributed by atoms with Gasteiger partial charge in [0.25, 0.3) is 5.91 Å². The van der Waals surface area contributed by atoms with E-state index >= 15 is 0 Å². The number of nitrogens with zero attached hydrogens (tertiary/aromatic N) is 3. The molecule has 34 heavy (non-hydrogen) atoms. The second-order valence-electron chi connectivity index (χ2n) is 8.32. The van der Waals surface area contributed by atoms with Crippen LogP contribution in [0, 0.1) is 0 Å². The van der Waals surface area contributed by atoms with E-state index in [-0.39, 0.29) is 5.91 Å². The van der Waals surface area contributed by atoms with E-state index in [0.29, 0.717) is 27.9 Å². The van der Waals surface area contributed by atoms with Crippen LogP contribution < -0.4 is 10.1 Å². The molecule has 174 valence electrons. The van der Waals surface area contributed by atoms with E-state index in [4.69, 9.17) is 16.3 Å². The predicted molar refractivity (Wildman–Crippen MR) is 137 cm³/mol. The molecule has 4 heterocycles. The molecule has 0 spiro atoms. The molecule has 0 radical (unpaired) electrons. The number of halogens is 1. The van der Waals surface area contributed by atoms with Crippen LogP contribution in [0.1, 0.15) is 29.9 Å². The summed E-state index contributed by atoms with van der Waals surface area (Å²) in [5.74, 6) is 1.06. The van der Waals surface area contributed by atoms with Gasteiger partial charge in [0, 0.05) is 43.2 Å². The largest absolute Gasteiger partial charge is 0.456 e. The summed E-state index contributed by atoms with van der Waals surface area (Å²) in [6.45, 7) is 3.44. The molecular formula is C24H21ClN4O3S2. The summed E-state index contributed by atoms with van der Waals surface area (Å²) in [7, 11) is 3.39. The maximum absolute atomic E-state index is 12.3. The maximum atomic E-state index is 12.3. The topological polar surface area (TPSA) is 89.3 Å². The number of aryl methyl sites for hydroxylation is 1. The standard InChI is InChI=1S/C24H21ClN4O3S2/c1-24(2,31)18-11-33-23(28-18)17-10-14-20(34-17)16(7-8-27-14)32-12-5-6-13-15(9-12)29(4)21(25)19(13)22(30)26-3/h5-11,31H,1-4H3,(H,26,30). The first-order chi connectivity index (χ1) is 16.2. The summed E-state index contributed by atoms with van der Waals surface area (Å²) in [4.78, 5) is 22.3. The molecule has 0 aliphatic carbocycles. The maximum Gasteiger partial charge on any atom is 0.254 e. The third kappa shape index (κ3) is 3.84. The average Bonchev–Trinajstić information content (AvgIpc) is 3.51. The van der Waals surface area contributed by atoms with E-state index in [1.165, 1.54) is 22.7 Å². The quantitative estimate of drug-likeness (QED) is 0.304. The van der Waals surface area contributed by atoms with Crippen molar-refractivity contribution in [3.05, 3.63) is 58.3 Å². The molecule has 0 unspecified atom stereocenters. The SMILES string of the molecule is CNC(=O)c1c(Cl)n(C)c2cc(Oc3ccnc4cc(-c5nc(C(C)(C)O)cs5)sc34)ccc12. The molecule has 0 fully saturated rings. The van der Waals surface area contributed by atoms with Gasteiger partial charge in [0.2, 0.25) is 0 Å². The zero-order chi connectivity index (χ0) is 24.2. The highest BCUT2D eigenvalue weighted by molar-refractivity contribution is 7.25. The fraction of sp³-hybridized carbons (Fsp3) is 0.208. The molecule has 5 rings (SSSR count). The Bertz CT molecular complexity index is 1560. The highest BCUT2D eigenvalue weighted by atomic mass is 35.5. The van der Waals surface area contributed by atoms with Crippen molar-refractivity contribution >= 4 is 61.3 Å². The number of thiazole rings is 1. The molecule has 0 atom stereocenters. The minimum absolute atomic E-state index is 0.235. The third-order valence-electron chi connectivity index (χ3n) is 5.50. The van der Waals surface area contributed by atoms with Gasteiger partial charge in [-0.15, -0.1) is 22.7 Å². The van der Waals surface area contributed by atoms with E-state index < -0.39 is 5.60 Å². The van der Waals surface area contributed by atoms with Crippen LogP contribution in [-0.4, -0.2) is 32.6 Å². The number of ether oxygens (including phenoxy) is 1. The number of carbonyl (C=O) groups excluding carboxylic acids is 1. The lowest BCUT2D eigenvalue weighted by molar-refractivity contribution is 0.0746. The molecule has 1 aromatic carbocycles. The first kappa shape index (κ1) is 22.8. The number of pyridine rings is 1. The predicted octanol–water partition coefficient (Wildman–Crippen LogP) is 5.94. The van der Waals surface area contributed by atoms with Gasteiger partial charge < -0.3 is 19.7 Å². The molecular weight excluding hydrogens is 492 g/mol. The molecule has 1 amide bonds. The molecule has 0 saturated carbocycles. The number of hydrogen-bond donors (Lipinski definition) is 2. The van der Waals surface area contributed by atoms with Crippen LogP contribution in [0.4, 0.5) is 0 Å². The number of thiophene rings is 1. The summed E-state index contributed by atoms with van der Waals surface area (Å²) in [6, 6.07) is 9.33. The smallest absolute Gasteiger partial charge is 0.254 e. The average molecular weight is 513 g/mol. The van der Waals surface area contributed by atoms with Crippen LogP contribution >= 0.6 is 34.3 Å². The van der Waals surface area contributed by atoms with Gasteiger partial charge in [0.1, 0.15) is 27.3 Å². The van der Waals surface area contributed by atoms with Crippen LogP contribution in [0.25, 0.3) is 31.0 Å². The molecule has 0 saturated heterocycles. The van der Waals surface area contributed by atoms with Gasteiger partial charge in [-0.05, 0) is 32.0 Å². The van der Waals surface area contributed by atoms with Crippen LogP contribution in [0.3, 0.4) is 0 Å². The number of aliphatic hydroxyl groups is 1. The Morgan fingerprint density at radius 1 is 1.26 bits per heavy atom. The highest BCUT2D eigenvalue weighted by Crippen LogP contribution is 2.41. The van der Waals surface area contributed by atoms with Crippen molar-refractivity contribution in [1.29, 1.82) is 0 Å². The van der Waals surface area contributed by atoms with Crippen molar-refractivity contribution in [2.75, 3.05) is 7.05 Å². The first-order valence-corrected chi connectivity index (χ1v) is 12.5. The van der Waals surface area contributed by atoms with Crippen molar-refractivity contribution in [3.8, 4) is 21.4 Å². The molecule has 10 heteroatoms. The number of benzene rings is 1. The second kappa shape index (κ2) is 8.35. The minimum Gasteiger partial charge on any atom is -0.456 e. The lowest BCUT2D eigenvalue weighted by Crippen LogP contribution is -2.17. The van der Waals surface area contributed by atoms with Crippen molar-refractivity contribution in [2.24, 2.45) is 7.05 Å². The van der Waals surface area contributed by atoms with E-state index in [0.717, 1.165) is 31.0 Å². The zero-order valence-electron chi connectivity index (χ0n) is 18.8. The molecule has 7 nitrogen and oxygen atoms in total. The van der Waals surface area contributed by atoms with Gasteiger partial charge >= 0.3 is 0 Å². The number of hydrogen-bond acceptors (Lipinski definition) is 7. The van der Waals surface area contributed by atoms with Crippen molar-refractivity contribution in [3.63, 3.8) is 0 Å². The normalized spacial score (nSPS) is 11.9. The Morgan fingerprint density at radius 3 is 2.76 bits per heavy atom. The highest BCUT2D eigenvalue weighted by Gasteiger charge is 2.22. The molecule has 4 aromatic heterocycles. The van der Waals surface area contributed by atoms with Gasteiger partial charge in [-0.3, -0.25) is 9.78 Å². The second-order valence-corrected chi connectivity index (χ2v) is 10.6. The number of carbonyl (C=O) groups is 1. The molecule has 0 aliphatic rings. The fourth-order valence-corrected chi connectivity index (χ4v) is 6.07. The molecule has 0 bridgehead atoms. The van der Waals surface area contributed by atoms with Gasteiger partial charge in [-0.25, -0.2) is 4.98 Å². The Kier molecular flexibility index (Phi) is 5.60. The van der Waals surface area contributed by atoms with Gasteiger partial charge in [0.05, 0.1) is 31.9 Å². The van der Waals surface area contributed by atoms with Crippen molar-refractivity contribution in [1.82, 2.24) is 19.9 Å². The number of nitrogens with one attached hydrogen (secondary N) is 1. The van der Waals surface area contributed by atoms with Gasteiger partial charge in [-0.2, -0.15) is 0 Å². The monoisotopic (exact) mass is 512 g/mol. The molecule has 2 N–H and O–H groups in total. The van der Waals surface area contributed by atoms with Crippen LogP contribution in [0.2, 0.25) is 5.15 Å². The van der Waals surface area contributed by atoms with E-state index in [1.807, 2.05) is 42.8 Å².